The molecule has 2 aromatic rings. The predicted octanol–water partition coefficient (Wildman–Crippen LogP) is 0.646. The molecule has 1 aromatic carbocycles. The SMILES string of the molecule is NNc1nc(Nc2ccc([N+](=O)[O-])cc2)nc(N2CCOCC2)n1. The van der Waals surface area contributed by atoms with Crippen molar-refractivity contribution < 1.29 is 9.66 Å². The summed E-state index contributed by atoms with van der Waals surface area (Å²) in [5.41, 5.74) is 3.03. The van der Waals surface area contributed by atoms with Crippen molar-refractivity contribution in [1.29, 1.82) is 0 Å². The number of benzene rings is 1. The van der Waals surface area contributed by atoms with Gasteiger partial charge in [-0.25, -0.2) is 5.84 Å². The third-order valence-electron chi connectivity index (χ3n) is 3.38. The number of ether oxygens (including phenoxy) is 1. The minimum Gasteiger partial charge on any atom is -0.378 e. The molecule has 1 aliphatic rings. The van der Waals surface area contributed by atoms with Crippen molar-refractivity contribution in [2.24, 2.45) is 5.84 Å². The van der Waals surface area contributed by atoms with E-state index in [0.29, 0.717) is 37.9 Å². The van der Waals surface area contributed by atoms with Crippen LogP contribution in [0.5, 0.6) is 0 Å². The van der Waals surface area contributed by atoms with Crippen LogP contribution >= 0.6 is 0 Å². The second-order valence-corrected chi connectivity index (χ2v) is 4.96. The highest BCUT2D eigenvalue weighted by atomic mass is 16.6. The maximum absolute atomic E-state index is 10.7. The number of nitrogens with zero attached hydrogens (tertiary/aromatic N) is 5. The first-order valence-corrected chi connectivity index (χ1v) is 7.22. The van der Waals surface area contributed by atoms with Crippen molar-refractivity contribution >= 4 is 29.2 Å². The van der Waals surface area contributed by atoms with Gasteiger partial charge in [-0.2, -0.15) is 15.0 Å². The van der Waals surface area contributed by atoms with Gasteiger partial charge in [-0.15, -0.1) is 0 Å². The Bertz CT molecular complexity index is 718. The van der Waals surface area contributed by atoms with E-state index in [1.807, 2.05) is 4.90 Å². The van der Waals surface area contributed by atoms with Crippen LogP contribution in [0.15, 0.2) is 24.3 Å². The van der Waals surface area contributed by atoms with E-state index in [1.165, 1.54) is 12.1 Å². The average molecular weight is 332 g/mol. The molecule has 0 radical (unpaired) electrons. The number of hydrogen-bond acceptors (Lipinski definition) is 10. The fourth-order valence-electron chi connectivity index (χ4n) is 2.19. The summed E-state index contributed by atoms with van der Waals surface area (Å²) >= 11 is 0. The van der Waals surface area contributed by atoms with E-state index in [4.69, 9.17) is 10.6 Å². The molecule has 24 heavy (non-hydrogen) atoms. The van der Waals surface area contributed by atoms with Crippen molar-refractivity contribution in [3.05, 3.63) is 34.4 Å². The Kier molecular flexibility index (Phi) is 4.63. The zero-order chi connectivity index (χ0) is 16.9. The van der Waals surface area contributed by atoms with Crippen LogP contribution in [0.25, 0.3) is 0 Å². The Morgan fingerprint density at radius 1 is 1.12 bits per heavy atom. The molecule has 0 bridgehead atoms. The van der Waals surface area contributed by atoms with Crippen LogP contribution in [0.2, 0.25) is 0 Å². The van der Waals surface area contributed by atoms with Crippen LogP contribution in [-0.4, -0.2) is 46.2 Å². The van der Waals surface area contributed by atoms with Gasteiger partial charge in [0, 0.05) is 30.9 Å². The van der Waals surface area contributed by atoms with Crippen molar-refractivity contribution in [2.75, 3.05) is 41.9 Å². The largest absolute Gasteiger partial charge is 0.378 e. The van der Waals surface area contributed by atoms with E-state index in [2.05, 4.69) is 25.7 Å². The number of morpholine rings is 1. The lowest BCUT2D eigenvalue weighted by molar-refractivity contribution is -0.384. The van der Waals surface area contributed by atoms with Gasteiger partial charge in [-0.1, -0.05) is 0 Å². The summed E-state index contributed by atoms with van der Waals surface area (Å²) in [5.74, 6) is 6.40. The molecule has 1 fully saturated rings. The molecular weight excluding hydrogens is 316 g/mol. The fraction of sp³-hybridized carbons (Fsp3) is 0.308. The van der Waals surface area contributed by atoms with Gasteiger partial charge in [-0.3, -0.25) is 15.5 Å². The van der Waals surface area contributed by atoms with Crippen LogP contribution in [0.4, 0.5) is 29.2 Å². The third-order valence-corrected chi connectivity index (χ3v) is 3.38. The van der Waals surface area contributed by atoms with E-state index >= 15 is 0 Å². The van der Waals surface area contributed by atoms with Crippen molar-refractivity contribution in [3.8, 4) is 0 Å². The molecule has 0 spiro atoms. The molecule has 1 aromatic heterocycles. The minimum absolute atomic E-state index is 0.00881. The van der Waals surface area contributed by atoms with Crippen LogP contribution in [0, 0.1) is 10.1 Å². The van der Waals surface area contributed by atoms with Gasteiger partial charge in [0.15, 0.2) is 0 Å². The summed E-state index contributed by atoms with van der Waals surface area (Å²) in [4.78, 5) is 24.9. The lowest BCUT2D eigenvalue weighted by Crippen LogP contribution is -2.37. The summed E-state index contributed by atoms with van der Waals surface area (Å²) in [5, 5.41) is 13.7. The quantitative estimate of drug-likeness (QED) is 0.405. The molecular formula is C13H16N8O3. The number of hydrogen-bond donors (Lipinski definition) is 3. The molecule has 0 saturated carbocycles. The van der Waals surface area contributed by atoms with Crippen molar-refractivity contribution in [2.45, 2.75) is 0 Å². The number of non-ortho nitro benzene ring substituents is 1. The minimum atomic E-state index is -0.459. The van der Waals surface area contributed by atoms with E-state index in [0.717, 1.165) is 0 Å². The van der Waals surface area contributed by atoms with Gasteiger partial charge in [-0.05, 0) is 12.1 Å². The molecule has 3 rings (SSSR count). The van der Waals surface area contributed by atoms with E-state index in [1.54, 1.807) is 12.1 Å². The molecule has 1 saturated heterocycles. The molecule has 11 nitrogen and oxygen atoms in total. The van der Waals surface area contributed by atoms with Crippen LogP contribution in [0.1, 0.15) is 0 Å². The Morgan fingerprint density at radius 2 is 1.79 bits per heavy atom. The number of nitrogens with one attached hydrogen (secondary N) is 2. The summed E-state index contributed by atoms with van der Waals surface area (Å²) < 4.78 is 5.31. The number of rotatable bonds is 5. The zero-order valence-electron chi connectivity index (χ0n) is 12.7. The Labute approximate surface area is 137 Å². The van der Waals surface area contributed by atoms with Gasteiger partial charge in [0.25, 0.3) is 5.69 Å². The molecule has 1 aliphatic heterocycles. The highest BCUT2D eigenvalue weighted by Gasteiger charge is 2.16. The van der Waals surface area contributed by atoms with E-state index in [9.17, 15) is 10.1 Å². The highest BCUT2D eigenvalue weighted by molar-refractivity contribution is 5.57. The number of nitrogen functional groups attached to an aromatic ring is 1. The highest BCUT2D eigenvalue weighted by Crippen LogP contribution is 2.20. The maximum Gasteiger partial charge on any atom is 0.269 e. The first kappa shape index (κ1) is 15.8. The molecule has 0 atom stereocenters. The first-order valence-electron chi connectivity index (χ1n) is 7.22. The van der Waals surface area contributed by atoms with Crippen molar-refractivity contribution in [1.82, 2.24) is 15.0 Å². The molecule has 0 unspecified atom stereocenters. The number of nitro groups is 1. The summed E-state index contributed by atoms with van der Waals surface area (Å²) in [6.45, 7) is 2.54. The summed E-state index contributed by atoms with van der Waals surface area (Å²) in [6.07, 6.45) is 0. The monoisotopic (exact) mass is 332 g/mol. The lowest BCUT2D eigenvalue weighted by atomic mass is 10.3. The molecule has 4 N–H and O–H groups in total. The molecule has 126 valence electrons. The standard InChI is InChI=1S/C13H16N8O3/c14-19-12-16-11(15-9-1-3-10(4-2-9)21(22)23)17-13(18-12)20-5-7-24-8-6-20/h1-4H,5-8,14H2,(H2,15,16,17,18,19). The molecule has 11 heteroatoms. The van der Waals surface area contributed by atoms with Crippen LogP contribution in [-0.2, 0) is 4.74 Å². The molecule has 0 aliphatic carbocycles. The second-order valence-electron chi connectivity index (χ2n) is 4.96. The average Bonchev–Trinajstić information content (AvgIpc) is 2.62. The normalized spacial score (nSPS) is 14.3. The molecule has 0 amide bonds. The predicted molar refractivity (Wildman–Crippen MR) is 87.0 cm³/mol. The smallest absolute Gasteiger partial charge is 0.269 e. The van der Waals surface area contributed by atoms with Crippen LogP contribution < -0.4 is 21.5 Å². The van der Waals surface area contributed by atoms with Gasteiger partial charge >= 0.3 is 0 Å². The van der Waals surface area contributed by atoms with E-state index < -0.39 is 4.92 Å². The van der Waals surface area contributed by atoms with Gasteiger partial charge in [0.05, 0.1) is 18.1 Å². The van der Waals surface area contributed by atoms with Gasteiger partial charge < -0.3 is 15.0 Å². The number of anilines is 4. The molecule has 2 heterocycles. The summed E-state index contributed by atoms with van der Waals surface area (Å²) in [7, 11) is 0. The maximum atomic E-state index is 10.7. The Morgan fingerprint density at radius 3 is 2.42 bits per heavy atom. The van der Waals surface area contributed by atoms with Gasteiger partial charge in [0.2, 0.25) is 17.8 Å². The number of nitrogens with two attached hydrogens (primary N) is 1. The fourth-order valence-corrected chi connectivity index (χ4v) is 2.19. The van der Waals surface area contributed by atoms with Crippen LogP contribution in [0.3, 0.4) is 0 Å². The number of hydrazine groups is 1. The third kappa shape index (κ3) is 3.64. The van der Waals surface area contributed by atoms with E-state index in [-0.39, 0.29) is 17.6 Å². The second kappa shape index (κ2) is 7.02. The summed E-state index contributed by atoms with van der Waals surface area (Å²) in [6, 6.07) is 5.95. The van der Waals surface area contributed by atoms with Crippen molar-refractivity contribution in [3.63, 3.8) is 0 Å². The zero-order valence-corrected chi connectivity index (χ0v) is 12.7. The Balaban J connectivity index is 1.82. The van der Waals surface area contributed by atoms with Gasteiger partial charge in [0.1, 0.15) is 0 Å². The topological polar surface area (TPSA) is 144 Å². The first-order chi connectivity index (χ1) is 11.7. The number of nitro benzene ring substituents is 1. The Hall–Kier alpha value is -3.05. The number of aromatic nitrogens is 3. The lowest BCUT2D eigenvalue weighted by Gasteiger charge is -2.27.